The second-order valence-electron chi connectivity index (χ2n) is 11.7. The maximum atomic E-state index is 12.0. The lowest BCUT2D eigenvalue weighted by molar-refractivity contribution is -0.114. The Labute approximate surface area is 231 Å². The number of nitrogens with one attached hydrogen (secondary N) is 3. The summed E-state index contributed by atoms with van der Waals surface area (Å²) in [7, 11) is 0. The largest absolute Gasteiger partial charge is 0.472 e. The summed E-state index contributed by atoms with van der Waals surface area (Å²) in [5.74, 6) is 1.22. The van der Waals surface area contributed by atoms with E-state index in [1.165, 1.54) is 17.5 Å². The number of aliphatic hydroxyl groups is 1. The Bertz CT molecular complexity index is 1220. The molecule has 1 aliphatic carbocycles. The van der Waals surface area contributed by atoms with Crippen LogP contribution >= 0.6 is 0 Å². The van der Waals surface area contributed by atoms with Crippen molar-refractivity contribution in [2.45, 2.75) is 64.7 Å². The lowest BCUT2D eigenvalue weighted by Gasteiger charge is -2.30. The number of piperidine rings is 1. The van der Waals surface area contributed by atoms with Crippen molar-refractivity contribution in [3.8, 4) is 17.1 Å². The van der Waals surface area contributed by atoms with E-state index in [0.29, 0.717) is 36.8 Å². The minimum Gasteiger partial charge on any atom is -0.472 e. The van der Waals surface area contributed by atoms with Crippen molar-refractivity contribution in [1.29, 1.82) is 0 Å². The lowest BCUT2D eigenvalue weighted by Crippen LogP contribution is -2.40. The van der Waals surface area contributed by atoms with Crippen LogP contribution in [-0.4, -0.2) is 53.4 Å². The fourth-order valence-corrected chi connectivity index (χ4v) is 6.68. The Balaban J connectivity index is 1.42. The number of nitrogens with zero attached hydrogens (tertiary/aromatic N) is 1. The SMILES string of the molecule is Cc1cc(C)cc(-c2[nH]nc(OC(C(C)C=O)C3C4CCC3NC4)c2[C@H](C)CNCC(O)c2ccccc2)c1. The van der Waals surface area contributed by atoms with Gasteiger partial charge in [-0.2, -0.15) is 0 Å². The van der Waals surface area contributed by atoms with Gasteiger partial charge in [-0.25, -0.2) is 0 Å². The molecule has 0 amide bonds. The van der Waals surface area contributed by atoms with Crippen LogP contribution in [0.2, 0.25) is 0 Å². The Kier molecular flexibility index (Phi) is 8.50. The van der Waals surface area contributed by atoms with Crippen LogP contribution in [0, 0.1) is 31.6 Å². The number of H-pyrrole nitrogens is 1. The van der Waals surface area contributed by atoms with E-state index in [9.17, 15) is 9.90 Å². The summed E-state index contributed by atoms with van der Waals surface area (Å²) >= 11 is 0. The molecule has 7 atom stereocenters. The van der Waals surface area contributed by atoms with Crippen LogP contribution in [0.25, 0.3) is 11.3 Å². The number of carbonyl (C=O) groups excluding carboxylic acids is 1. The van der Waals surface area contributed by atoms with Gasteiger partial charge in [-0.3, -0.25) is 5.10 Å². The molecule has 2 aliphatic rings. The van der Waals surface area contributed by atoms with Gasteiger partial charge in [0, 0.05) is 48.0 Å². The van der Waals surface area contributed by atoms with Crippen LogP contribution in [0.4, 0.5) is 0 Å². The average Bonchev–Trinajstić information content (AvgIpc) is 3.65. The van der Waals surface area contributed by atoms with Crippen molar-refractivity contribution in [1.82, 2.24) is 20.8 Å². The predicted molar refractivity (Wildman–Crippen MR) is 154 cm³/mol. The summed E-state index contributed by atoms with van der Waals surface area (Å²) in [5, 5.41) is 25.7. The first kappa shape index (κ1) is 27.6. The van der Waals surface area contributed by atoms with Gasteiger partial charge in [0.1, 0.15) is 12.4 Å². The molecule has 2 fully saturated rings. The molecule has 2 heterocycles. The van der Waals surface area contributed by atoms with Crippen LogP contribution in [0.3, 0.4) is 0 Å². The summed E-state index contributed by atoms with van der Waals surface area (Å²) in [6, 6.07) is 16.6. The molecule has 4 N–H and O–H groups in total. The number of aldehydes is 1. The highest BCUT2D eigenvalue weighted by Crippen LogP contribution is 2.43. The molecule has 2 aromatic carbocycles. The lowest BCUT2D eigenvalue weighted by atomic mass is 9.85. The van der Waals surface area contributed by atoms with Crippen LogP contribution in [0.15, 0.2) is 48.5 Å². The molecule has 3 aromatic rings. The van der Waals surface area contributed by atoms with Crippen LogP contribution in [-0.2, 0) is 4.79 Å². The molecule has 208 valence electrons. The molecule has 39 heavy (non-hydrogen) atoms. The molecule has 7 heteroatoms. The Morgan fingerprint density at radius 1 is 1.10 bits per heavy atom. The second-order valence-corrected chi connectivity index (χ2v) is 11.7. The number of hydrogen-bond acceptors (Lipinski definition) is 6. The number of aryl methyl sites for hydroxylation is 2. The number of aromatic amines is 1. The zero-order valence-corrected chi connectivity index (χ0v) is 23.5. The molecular weight excluding hydrogens is 488 g/mol. The molecule has 1 aromatic heterocycles. The summed E-state index contributed by atoms with van der Waals surface area (Å²) < 4.78 is 6.75. The highest BCUT2D eigenvalue weighted by atomic mass is 16.5. The van der Waals surface area contributed by atoms with E-state index in [2.05, 4.69) is 54.7 Å². The van der Waals surface area contributed by atoms with Gasteiger partial charge in [0.25, 0.3) is 0 Å². The van der Waals surface area contributed by atoms with Gasteiger partial charge in [-0.1, -0.05) is 61.4 Å². The Morgan fingerprint density at radius 2 is 1.85 bits per heavy atom. The fraction of sp³-hybridized carbons (Fsp3) is 0.500. The molecule has 0 spiro atoms. The number of rotatable bonds is 12. The number of benzene rings is 2. The third-order valence-corrected chi connectivity index (χ3v) is 8.60. The Morgan fingerprint density at radius 3 is 2.46 bits per heavy atom. The summed E-state index contributed by atoms with van der Waals surface area (Å²) in [4.78, 5) is 12.0. The van der Waals surface area contributed by atoms with E-state index in [-0.39, 0.29) is 17.9 Å². The monoisotopic (exact) mass is 530 g/mol. The van der Waals surface area contributed by atoms with E-state index in [1.807, 2.05) is 37.3 Å². The molecular formula is C32H42N4O3. The number of aromatic nitrogens is 2. The van der Waals surface area contributed by atoms with Gasteiger partial charge in [0.05, 0.1) is 11.8 Å². The van der Waals surface area contributed by atoms with Gasteiger partial charge >= 0.3 is 0 Å². The minimum absolute atomic E-state index is 0.0446. The van der Waals surface area contributed by atoms with Gasteiger partial charge < -0.3 is 25.3 Å². The predicted octanol–water partition coefficient (Wildman–Crippen LogP) is 4.70. The first-order chi connectivity index (χ1) is 18.9. The highest BCUT2D eigenvalue weighted by Gasteiger charge is 2.48. The molecule has 0 radical (unpaired) electrons. The highest BCUT2D eigenvalue weighted by molar-refractivity contribution is 5.68. The van der Waals surface area contributed by atoms with Crippen molar-refractivity contribution in [2.75, 3.05) is 19.6 Å². The smallest absolute Gasteiger partial charge is 0.237 e. The van der Waals surface area contributed by atoms with Gasteiger partial charge in [-0.05, 0) is 56.8 Å². The molecule has 7 nitrogen and oxygen atoms in total. The van der Waals surface area contributed by atoms with Crippen molar-refractivity contribution in [2.24, 2.45) is 17.8 Å². The molecule has 2 bridgehead atoms. The average molecular weight is 531 g/mol. The van der Waals surface area contributed by atoms with Gasteiger partial charge in [0.15, 0.2) is 0 Å². The standard InChI is InChI=1S/C32H42N4O3/c1-19-12-20(2)14-25(13-19)30-28(21(3)15-33-17-27(38)23-8-6-5-7-9-23)32(36-35-30)39-31(22(4)18-37)29-24-10-11-26(29)34-16-24/h5-9,12-14,18,21-22,24,26-27,29,31,33-34,38H,10-11,15-17H2,1-4H3,(H,35,36)/t21-,22?,24?,26?,27?,29?,31?/m1/s1. The third kappa shape index (κ3) is 5.96. The fourth-order valence-electron chi connectivity index (χ4n) is 6.68. The van der Waals surface area contributed by atoms with Gasteiger partial charge in [-0.15, -0.1) is 5.10 Å². The van der Waals surface area contributed by atoms with E-state index in [0.717, 1.165) is 41.6 Å². The first-order valence-corrected chi connectivity index (χ1v) is 14.3. The van der Waals surface area contributed by atoms with E-state index in [4.69, 9.17) is 9.84 Å². The number of carbonyl (C=O) groups is 1. The van der Waals surface area contributed by atoms with E-state index in [1.54, 1.807) is 0 Å². The maximum absolute atomic E-state index is 12.0. The summed E-state index contributed by atoms with van der Waals surface area (Å²) in [6.45, 7) is 10.4. The molecule has 6 unspecified atom stereocenters. The van der Waals surface area contributed by atoms with E-state index >= 15 is 0 Å². The Hall–Kier alpha value is -3.00. The molecule has 1 aliphatic heterocycles. The normalized spacial score (nSPS) is 23.4. The first-order valence-electron chi connectivity index (χ1n) is 14.3. The van der Waals surface area contributed by atoms with Crippen molar-refractivity contribution in [3.05, 3.63) is 70.8 Å². The quantitative estimate of drug-likeness (QED) is 0.253. The second kappa shape index (κ2) is 12.0. The number of fused-ring (bicyclic) bond motifs is 2. The topological polar surface area (TPSA) is 99.3 Å². The molecule has 5 rings (SSSR count). The molecule has 1 saturated heterocycles. The number of aliphatic hydroxyl groups excluding tert-OH is 1. The van der Waals surface area contributed by atoms with Crippen LogP contribution in [0.1, 0.15) is 61.0 Å². The van der Waals surface area contributed by atoms with Crippen LogP contribution in [0.5, 0.6) is 5.88 Å². The van der Waals surface area contributed by atoms with Crippen LogP contribution < -0.4 is 15.4 Å². The third-order valence-electron chi connectivity index (χ3n) is 8.60. The van der Waals surface area contributed by atoms with Crippen molar-refractivity contribution >= 4 is 6.29 Å². The molecule has 1 saturated carbocycles. The van der Waals surface area contributed by atoms with Crippen molar-refractivity contribution < 1.29 is 14.6 Å². The van der Waals surface area contributed by atoms with Gasteiger partial charge in [0.2, 0.25) is 5.88 Å². The maximum Gasteiger partial charge on any atom is 0.237 e. The minimum atomic E-state index is -0.583. The van der Waals surface area contributed by atoms with E-state index < -0.39 is 6.10 Å². The summed E-state index contributed by atoms with van der Waals surface area (Å²) in [6.07, 6.45) is 2.52. The summed E-state index contributed by atoms with van der Waals surface area (Å²) in [5.41, 5.74) is 6.29. The zero-order valence-electron chi connectivity index (χ0n) is 23.5. The van der Waals surface area contributed by atoms with Crippen molar-refractivity contribution in [3.63, 3.8) is 0 Å². The number of ether oxygens (including phenoxy) is 1. The zero-order chi connectivity index (χ0) is 27.5. The number of hydrogen-bond donors (Lipinski definition) is 4.